The number of H-pyrrole nitrogens is 2. The maximum atomic E-state index is 10.8. The van der Waals surface area contributed by atoms with Crippen LogP contribution in [0.5, 0.6) is 0 Å². The largest absolute Gasteiger partial charge is 0.343 e. The number of hydrogen-bond donors (Lipinski definition) is 2. The lowest BCUT2D eigenvalue weighted by molar-refractivity contribution is 1.09. The van der Waals surface area contributed by atoms with E-state index in [4.69, 9.17) is 0 Å². The second-order valence-electron chi connectivity index (χ2n) is 1.92. The monoisotopic (exact) mass is 284 g/mol. The summed E-state index contributed by atoms with van der Waals surface area (Å²) < 4.78 is 0.917. The summed E-state index contributed by atoms with van der Waals surface area (Å²) in [6.07, 6.45) is 1.67. The third kappa shape index (κ3) is 2.48. The van der Waals surface area contributed by atoms with Crippen LogP contribution in [0.15, 0.2) is 17.1 Å². The molecule has 1 rings (SSSR count). The van der Waals surface area contributed by atoms with E-state index in [9.17, 15) is 4.79 Å². The first-order valence-corrected chi connectivity index (χ1v) is 7.16. The third-order valence-corrected chi connectivity index (χ3v) is 5.52. The second-order valence-corrected chi connectivity index (χ2v) is 6.75. The van der Waals surface area contributed by atoms with Crippen LogP contribution < -0.4 is 5.56 Å². The first kappa shape index (κ1) is 9.05. The van der Waals surface area contributed by atoms with Crippen molar-refractivity contribution in [3.63, 3.8) is 0 Å². The van der Waals surface area contributed by atoms with Gasteiger partial charge in [-0.15, -0.1) is 0 Å². The van der Waals surface area contributed by atoms with E-state index in [0.717, 1.165) is 10.5 Å². The molecule has 1 atom stereocenters. The van der Waals surface area contributed by atoms with Gasteiger partial charge in [-0.05, 0) is 27.0 Å². The van der Waals surface area contributed by atoms with Gasteiger partial charge in [0.25, 0.3) is 5.56 Å². The van der Waals surface area contributed by atoms with Crippen LogP contribution in [0.25, 0.3) is 0 Å². The smallest absolute Gasteiger partial charge is 0.251 e. The van der Waals surface area contributed by atoms with E-state index in [1.54, 1.807) is 6.20 Å². The summed E-state index contributed by atoms with van der Waals surface area (Å²) in [5.41, 5.74) is -0.0404. The van der Waals surface area contributed by atoms with Crippen molar-refractivity contribution in [1.29, 1.82) is 0 Å². The van der Waals surface area contributed by atoms with Crippen molar-refractivity contribution >= 4 is 28.9 Å². The minimum atomic E-state index is -0.0404. The molecule has 0 radical (unpaired) electrons. The number of hydrogen-bond acceptors (Lipinski definition) is 1. The summed E-state index contributed by atoms with van der Waals surface area (Å²) in [7, 11) is 0.108. The molecule has 0 aliphatic rings. The molecule has 0 spiro atoms. The highest BCUT2D eigenvalue weighted by atomic mass is 127. The Morgan fingerprint density at radius 1 is 1.73 bits per heavy atom. The number of rotatable bonds is 1. The molecular weight excluding hydrogens is 275 g/mol. The normalized spacial score (nSPS) is 14.5. The van der Waals surface area contributed by atoms with Crippen molar-refractivity contribution in [2.24, 2.45) is 0 Å². The van der Waals surface area contributed by atoms with Crippen molar-refractivity contribution < 1.29 is 0 Å². The Morgan fingerprint density at radius 3 is 3.00 bits per heavy atom. The number of aromatic amines is 2. The Bertz CT molecular complexity index is 354. The second kappa shape index (κ2) is 4.10. The van der Waals surface area contributed by atoms with E-state index in [1.807, 2.05) is 0 Å². The van der Waals surface area contributed by atoms with Crippen LogP contribution in [-0.4, -0.2) is 15.7 Å². The van der Waals surface area contributed by atoms with Crippen LogP contribution in [0.1, 0.15) is 6.92 Å². The van der Waals surface area contributed by atoms with Gasteiger partial charge in [-0.1, -0.05) is 14.6 Å². The van der Waals surface area contributed by atoms with Crippen molar-refractivity contribution in [2.75, 3.05) is 5.75 Å². The van der Waals surface area contributed by atoms with E-state index >= 15 is 0 Å². The predicted molar refractivity (Wildman–Crippen MR) is 56.8 cm³/mol. The SMILES string of the molecule is CCS(I)=c1[nH]ccc(=O)[nH]1. The lowest BCUT2D eigenvalue weighted by atomic mass is 10.7. The van der Waals surface area contributed by atoms with E-state index in [1.165, 1.54) is 6.07 Å². The molecule has 0 aliphatic carbocycles. The number of aromatic nitrogens is 2. The van der Waals surface area contributed by atoms with E-state index < -0.39 is 0 Å². The van der Waals surface area contributed by atoms with Crippen molar-refractivity contribution in [1.82, 2.24) is 9.97 Å². The highest BCUT2D eigenvalue weighted by Crippen LogP contribution is 2.23. The highest BCUT2D eigenvalue weighted by Gasteiger charge is 1.87. The quantitative estimate of drug-likeness (QED) is 0.600. The summed E-state index contributed by atoms with van der Waals surface area (Å²) in [6.45, 7) is 2.09. The fourth-order valence-corrected chi connectivity index (χ4v) is 2.05. The fourth-order valence-electron chi connectivity index (χ4n) is 0.646. The van der Waals surface area contributed by atoms with Gasteiger partial charge in [-0.2, -0.15) is 0 Å². The first-order chi connectivity index (χ1) is 5.24. The predicted octanol–water partition coefficient (Wildman–Crippen LogP) is 1.87. The van der Waals surface area contributed by atoms with Gasteiger partial charge in [0, 0.05) is 12.3 Å². The average Bonchev–Trinajstić information content (AvgIpc) is 2.03. The summed E-state index contributed by atoms with van der Waals surface area (Å²) in [5, 5.41) is 0. The Balaban J connectivity index is 3.36. The zero-order chi connectivity index (χ0) is 8.27. The van der Waals surface area contributed by atoms with Crippen molar-refractivity contribution in [2.45, 2.75) is 6.92 Å². The van der Waals surface area contributed by atoms with Crippen LogP contribution in [-0.2, 0) is 0 Å². The fraction of sp³-hybridized carbons (Fsp3) is 0.333. The Morgan fingerprint density at radius 2 is 2.45 bits per heavy atom. The van der Waals surface area contributed by atoms with Gasteiger partial charge >= 0.3 is 0 Å². The Kier molecular flexibility index (Phi) is 3.38. The summed E-state index contributed by atoms with van der Waals surface area (Å²) in [6, 6.07) is 1.48. The molecule has 1 heterocycles. The molecule has 1 unspecified atom stereocenters. The maximum Gasteiger partial charge on any atom is 0.251 e. The van der Waals surface area contributed by atoms with Crippen LogP contribution in [0.2, 0.25) is 0 Å². The zero-order valence-corrected chi connectivity index (χ0v) is 9.03. The zero-order valence-electron chi connectivity index (χ0n) is 6.06. The third-order valence-electron chi connectivity index (χ3n) is 1.16. The number of halogens is 1. The van der Waals surface area contributed by atoms with Crippen LogP contribution >= 0.6 is 28.9 Å². The van der Waals surface area contributed by atoms with Gasteiger partial charge in [-0.25, -0.2) is 0 Å². The standard InChI is InChI=1S/C6H9IN2OS/c1-2-11(7)6-8-4-3-5(10)9-6/h3-4,8H,2H2,1H3,(H,9,10). The lowest BCUT2D eigenvalue weighted by Crippen LogP contribution is -2.03. The topological polar surface area (TPSA) is 48.6 Å². The molecule has 0 saturated heterocycles. The molecule has 2 N–H and O–H groups in total. The number of nitrogens with one attached hydrogen (secondary N) is 2. The molecule has 0 aromatic carbocycles. The van der Waals surface area contributed by atoms with Crippen molar-refractivity contribution in [3.8, 4) is 0 Å². The van der Waals surface area contributed by atoms with E-state index in [0.29, 0.717) is 0 Å². The molecule has 0 bridgehead atoms. The molecule has 0 aliphatic heterocycles. The maximum absolute atomic E-state index is 10.8. The summed E-state index contributed by atoms with van der Waals surface area (Å²) in [4.78, 5) is 16.6. The van der Waals surface area contributed by atoms with Gasteiger partial charge in [0.05, 0.1) is 0 Å². The van der Waals surface area contributed by atoms with Gasteiger partial charge in [-0.3, -0.25) is 4.79 Å². The van der Waals surface area contributed by atoms with Crippen LogP contribution in [0, 0.1) is 4.77 Å². The molecule has 0 amide bonds. The van der Waals surface area contributed by atoms with Crippen LogP contribution in [0.3, 0.4) is 0 Å². The summed E-state index contributed by atoms with van der Waals surface area (Å²) in [5.74, 6) is 1.04. The Labute approximate surface area is 78.8 Å². The molecular formula is C6H9IN2OS. The minimum absolute atomic E-state index is 0.0404. The van der Waals surface area contributed by atoms with Gasteiger partial charge in [0.2, 0.25) is 0 Å². The van der Waals surface area contributed by atoms with Crippen LogP contribution in [0.4, 0.5) is 0 Å². The molecule has 5 heteroatoms. The molecule has 1 aromatic rings. The molecule has 62 valence electrons. The average molecular weight is 284 g/mol. The molecule has 0 saturated carbocycles. The van der Waals surface area contributed by atoms with Gasteiger partial charge in [0.15, 0.2) is 0 Å². The van der Waals surface area contributed by atoms with Gasteiger partial charge in [0.1, 0.15) is 4.77 Å². The Hall–Kier alpha value is -0.0400. The van der Waals surface area contributed by atoms with E-state index in [-0.39, 0.29) is 13.2 Å². The molecule has 1 aromatic heterocycles. The molecule has 11 heavy (non-hydrogen) atoms. The molecule has 3 nitrogen and oxygen atoms in total. The lowest BCUT2D eigenvalue weighted by Gasteiger charge is -1.93. The summed E-state index contributed by atoms with van der Waals surface area (Å²) >= 11 is 2.31. The van der Waals surface area contributed by atoms with Crippen molar-refractivity contribution in [3.05, 3.63) is 27.4 Å². The molecule has 0 fully saturated rings. The first-order valence-electron chi connectivity index (χ1n) is 3.22. The highest BCUT2D eigenvalue weighted by molar-refractivity contribution is 14.2. The minimum Gasteiger partial charge on any atom is -0.343 e. The van der Waals surface area contributed by atoms with Gasteiger partial charge < -0.3 is 9.97 Å². The van der Waals surface area contributed by atoms with E-state index in [2.05, 4.69) is 38.1 Å².